The van der Waals surface area contributed by atoms with Crippen molar-refractivity contribution in [3.05, 3.63) is 41.2 Å². The van der Waals surface area contributed by atoms with Gasteiger partial charge in [-0.25, -0.2) is 0 Å². The van der Waals surface area contributed by atoms with Gasteiger partial charge in [-0.2, -0.15) is 0 Å². The Balaban J connectivity index is 2.42. The summed E-state index contributed by atoms with van der Waals surface area (Å²) in [5.41, 5.74) is 0.978. The van der Waals surface area contributed by atoms with Crippen molar-refractivity contribution in [2.45, 2.75) is 46.6 Å². The third-order valence-electron chi connectivity index (χ3n) is 4.15. The van der Waals surface area contributed by atoms with Gasteiger partial charge in [0.05, 0.1) is 18.2 Å². The minimum Gasteiger partial charge on any atom is -0.503 e. The van der Waals surface area contributed by atoms with Crippen LogP contribution in [0.2, 0.25) is 0 Å². The van der Waals surface area contributed by atoms with Gasteiger partial charge in [0.25, 0.3) is 5.91 Å². The minimum atomic E-state index is -0.553. The third-order valence-corrected chi connectivity index (χ3v) is 4.15. The highest BCUT2D eigenvalue weighted by molar-refractivity contribution is 6.08. The molecule has 0 saturated carbocycles. The molecule has 1 amide bonds. The number of ether oxygens (including phenoxy) is 1. The fourth-order valence-corrected chi connectivity index (χ4v) is 2.98. The van der Waals surface area contributed by atoms with Crippen LogP contribution in [0.1, 0.15) is 52.1 Å². The van der Waals surface area contributed by atoms with Crippen molar-refractivity contribution >= 4 is 11.7 Å². The number of carbonyl (C=O) groups is 2. The topological polar surface area (TPSA) is 66.8 Å². The van der Waals surface area contributed by atoms with E-state index in [2.05, 4.69) is 13.8 Å². The summed E-state index contributed by atoms with van der Waals surface area (Å²) in [6, 6.07) is 6.87. The fourth-order valence-electron chi connectivity index (χ4n) is 2.98. The number of rotatable bonds is 8. The molecule has 1 unspecified atom stereocenters. The van der Waals surface area contributed by atoms with Crippen molar-refractivity contribution in [3.8, 4) is 5.75 Å². The number of aliphatic hydroxyl groups excluding tert-OH is 1. The van der Waals surface area contributed by atoms with Gasteiger partial charge in [-0.1, -0.05) is 39.8 Å². The van der Waals surface area contributed by atoms with Crippen molar-refractivity contribution in [1.82, 2.24) is 4.90 Å². The van der Waals surface area contributed by atoms with E-state index in [1.807, 2.05) is 31.2 Å². The number of hydrogen-bond acceptors (Lipinski definition) is 4. The average molecular weight is 345 g/mol. The maximum Gasteiger partial charge on any atom is 0.290 e. The molecule has 2 rings (SSSR count). The van der Waals surface area contributed by atoms with Crippen LogP contribution in [-0.2, 0) is 9.59 Å². The molecule has 1 aromatic carbocycles. The Morgan fingerprint density at radius 2 is 2.04 bits per heavy atom. The van der Waals surface area contributed by atoms with E-state index in [0.717, 1.165) is 12.0 Å². The number of carbonyl (C=O) groups excluding carboxylic acids is 2. The predicted molar refractivity (Wildman–Crippen MR) is 96.5 cm³/mol. The maximum absolute atomic E-state index is 12.4. The van der Waals surface area contributed by atoms with Crippen LogP contribution in [0.5, 0.6) is 5.75 Å². The molecule has 0 saturated heterocycles. The lowest BCUT2D eigenvalue weighted by atomic mass is 9.95. The number of aliphatic hydroxyl groups is 1. The van der Waals surface area contributed by atoms with E-state index in [9.17, 15) is 14.7 Å². The van der Waals surface area contributed by atoms with Gasteiger partial charge in [0, 0.05) is 13.0 Å². The lowest BCUT2D eigenvalue weighted by Crippen LogP contribution is -2.31. The Labute approximate surface area is 149 Å². The molecule has 136 valence electrons. The van der Waals surface area contributed by atoms with Gasteiger partial charge in [0.1, 0.15) is 5.75 Å². The maximum atomic E-state index is 12.4. The van der Waals surface area contributed by atoms with Gasteiger partial charge in [0.2, 0.25) is 0 Å². The first-order valence-corrected chi connectivity index (χ1v) is 8.90. The van der Waals surface area contributed by atoms with Crippen LogP contribution in [0, 0.1) is 5.92 Å². The highest BCUT2D eigenvalue weighted by Gasteiger charge is 2.42. The molecule has 1 aliphatic rings. The van der Waals surface area contributed by atoms with Crippen molar-refractivity contribution in [2.24, 2.45) is 5.92 Å². The molecule has 0 aromatic heterocycles. The highest BCUT2D eigenvalue weighted by Crippen LogP contribution is 2.39. The zero-order chi connectivity index (χ0) is 18.6. The number of hydrogen-bond donors (Lipinski definition) is 1. The average Bonchev–Trinajstić information content (AvgIpc) is 2.85. The van der Waals surface area contributed by atoms with E-state index < -0.39 is 17.7 Å². The third kappa shape index (κ3) is 4.03. The fraction of sp³-hybridized carbons (Fsp3) is 0.500. The van der Waals surface area contributed by atoms with Gasteiger partial charge >= 0.3 is 0 Å². The summed E-state index contributed by atoms with van der Waals surface area (Å²) in [6.07, 6.45) is 0.985. The molecular formula is C20H27NO4. The number of nitrogens with zero attached hydrogens (tertiary/aromatic N) is 1. The number of amides is 1. The monoisotopic (exact) mass is 345 g/mol. The molecule has 1 aliphatic heterocycles. The smallest absolute Gasteiger partial charge is 0.290 e. The van der Waals surface area contributed by atoms with Crippen molar-refractivity contribution in [2.75, 3.05) is 13.2 Å². The van der Waals surface area contributed by atoms with Crippen LogP contribution in [0.15, 0.2) is 35.6 Å². The number of Topliss-reactive ketones (excluding diaryl/α,β-unsaturated/α-hetero) is 1. The molecule has 0 bridgehead atoms. The first-order valence-electron chi connectivity index (χ1n) is 8.90. The van der Waals surface area contributed by atoms with Gasteiger partial charge < -0.3 is 14.7 Å². The van der Waals surface area contributed by atoms with Crippen LogP contribution in [-0.4, -0.2) is 34.8 Å². The van der Waals surface area contributed by atoms with Gasteiger partial charge in [-0.3, -0.25) is 9.59 Å². The van der Waals surface area contributed by atoms with E-state index in [4.69, 9.17) is 4.74 Å². The van der Waals surface area contributed by atoms with E-state index in [1.54, 1.807) is 11.8 Å². The van der Waals surface area contributed by atoms with Gasteiger partial charge in [-0.05, 0) is 30.0 Å². The van der Waals surface area contributed by atoms with Crippen molar-refractivity contribution < 1.29 is 19.4 Å². The summed E-state index contributed by atoms with van der Waals surface area (Å²) in [5, 5.41) is 10.3. The molecule has 1 heterocycles. The predicted octanol–water partition coefficient (Wildman–Crippen LogP) is 3.81. The van der Waals surface area contributed by atoms with E-state index in [0.29, 0.717) is 24.8 Å². The second kappa shape index (κ2) is 8.19. The van der Waals surface area contributed by atoms with Crippen molar-refractivity contribution in [3.63, 3.8) is 0 Å². The van der Waals surface area contributed by atoms with Gasteiger partial charge in [0.15, 0.2) is 11.5 Å². The lowest BCUT2D eigenvalue weighted by molar-refractivity contribution is -0.129. The quantitative estimate of drug-likeness (QED) is 0.778. The molecule has 25 heavy (non-hydrogen) atoms. The largest absolute Gasteiger partial charge is 0.503 e. The highest BCUT2D eigenvalue weighted by atomic mass is 16.5. The Bertz CT molecular complexity index is 678. The summed E-state index contributed by atoms with van der Waals surface area (Å²) >= 11 is 0. The molecule has 0 spiro atoms. The van der Waals surface area contributed by atoms with Crippen molar-refractivity contribution in [1.29, 1.82) is 0 Å². The van der Waals surface area contributed by atoms with Crippen LogP contribution in [0.25, 0.3) is 0 Å². The Morgan fingerprint density at radius 3 is 2.64 bits per heavy atom. The molecule has 0 aliphatic carbocycles. The summed E-state index contributed by atoms with van der Waals surface area (Å²) < 4.78 is 5.77. The second-order valence-electron chi connectivity index (χ2n) is 6.72. The Hall–Kier alpha value is -2.30. The van der Waals surface area contributed by atoms with Crippen LogP contribution >= 0.6 is 0 Å². The van der Waals surface area contributed by atoms with E-state index >= 15 is 0 Å². The Kier molecular flexibility index (Phi) is 6.23. The normalized spacial score (nSPS) is 17.6. The zero-order valence-electron chi connectivity index (χ0n) is 15.4. The molecular weight excluding hydrogens is 318 g/mol. The molecule has 5 heteroatoms. The second-order valence-corrected chi connectivity index (χ2v) is 6.72. The van der Waals surface area contributed by atoms with Crippen LogP contribution in [0.4, 0.5) is 0 Å². The number of benzene rings is 1. The molecule has 1 atom stereocenters. The first kappa shape index (κ1) is 19.0. The summed E-state index contributed by atoms with van der Waals surface area (Å²) in [6.45, 7) is 8.90. The molecule has 1 N–H and O–H groups in total. The minimum absolute atomic E-state index is 0.196. The van der Waals surface area contributed by atoms with Gasteiger partial charge in [-0.15, -0.1) is 0 Å². The molecule has 0 radical (unpaired) electrons. The first-order chi connectivity index (χ1) is 11.9. The standard InChI is InChI=1S/C20H27NO4/c1-5-10-21-18(17(16(22)6-2)19(23)20(21)24)14-8-7-9-15(11-14)25-12-13(3)4/h7-9,11,13,18,23H,5-6,10,12H2,1-4H3. The molecule has 1 aromatic rings. The summed E-state index contributed by atoms with van der Waals surface area (Å²) in [5.74, 6) is -0.00170. The lowest BCUT2D eigenvalue weighted by Gasteiger charge is -2.26. The number of ketones is 1. The van der Waals surface area contributed by atoms with E-state index in [1.165, 1.54) is 0 Å². The molecule has 0 fully saturated rings. The summed E-state index contributed by atoms with van der Waals surface area (Å²) in [4.78, 5) is 26.4. The summed E-state index contributed by atoms with van der Waals surface area (Å²) in [7, 11) is 0. The molecule has 5 nitrogen and oxygen atoms in total. The van der Waals surface area contributed by atoms with Crippen LogP contribution in [0.3, 0.4) is 0 Å². The van der Waals surface area contributed by atoms with E-state index in [-0.39, 0.29) is 17.8 Å². The van der Waals surface area contributed by atoms with Crippen LogP contribution < -0.4 is 4.74 Å². The SMILES string of the molecule is CCCN1C(=O)C(O)=C(C(=O)CC)C1c1cccc(OCC(C)C)c1. The Morgan fingerprint density at radius 1 is 1.32 bits per heavy atom. The zero-order valence-corrected chi connectivity index (χ0v) is 15.4.